The van der Waals surface area contributed by atoms with E-state index in [-0.39, 0.29) is 16.6 Å². The second kappa shape index (κ2) is 8.74. The van der Waals surface area contributed by atoms with Crippen LogP contribution in [0.5, 0.6) is 0 Å². The van der Waals surface area contributed by atoms with Crippen LogP contribution in [0.1, 0.15) is 89.9 Å². The predicted octanol–water partition coefficient (Wildman–Crippen LogP) is 6.58. The van der Waals surface area contributed by atoms with Crippen molar-refractivity contribution in [1.29, 1.82) is 0 Å². The van der Waals surface area contributed by atoms with Gasteiger partial charge in [-0.15, -0.1) is 0 Å². The van der Waals surface area contributed by atoms with Crippen LogP contribution in [0.15, 0.2) is 24.3 Å². The van der Waals surface area contributed by atoms with Crippen LogP contribution in [0.2, 0.25) is 0 Å². The molecule has 0 aromatic heterocycles. The zero-order chi connectivity index (χ0) is 24.5. The lowest BCUT2D eigenvalue weighted by Crippen LogP contribution is -2.51. The molecule has 2 N–H and O–H groups in total. The molecular weight excluding hydrogens is 468 g/mol. The highest BCUT2D eigenvalue weighted by Crippen LogP contribution is 2.60. The largest absolute Gasteiger partial charge is 0.326 e. The Hall–Kier alpha value is -1.56. The maximum atomic E-state index is 13.3. The first kappa shape index (κ1) is 23.5. The van der Waals surface area contributed by atoms with Crippen molar-refractivity contribution in [2.45, 2.75) is 95.1 Å². The molecule has 7 fully saturated rings. The maximum Gasteiger partial charge on any atom is 0.235 e. The molecule has 7 saturated carbocycles. The Morgan fingerprint density at radius 1 is 0.722 bits per heavy atom. The van der Waals surface area contributed by atoms with Gasteiger partial charge in [-0.25, -0.2) is 8.42 Å². The molecule has 1 aromatic rings. The number of amides is 1. The molecule has 7 aliphatic carbocycles. The highest BCUT2D eigenvalue weighted by molar-refractivity contribution is 7.93. The molecule has 8 rings (SSSR count). The summed E-state index contributed by atoms with van der Waals surface area (Å²) in [6.45, 7) is 0. The molecule has 1 aromatic carbocycles. The number of nitrogens with one attached hydrogen (secondary N) is 2. The fraction of sp³-hybridized carbons (Fsp3) is 0.767. The molecule has 1 amide bonds. The summed E-state index contributed by atoms with van der Waals surface area (Å²) in [6.07, 6.45) is 16.5. The normalized spacial score (nSPS) is 43.0. The summed E-state index contributed by atoms with van der Waals surface area (Å²) in [5.74, 6) is 5.47. The molecule has 36 heavy (non-hydrogen) atoms. The van der Waals surface area contributed by atoms with E-state index in [0.29, 0.717) is 11.6 Å². The molecule has 5 nitrogen and oxygen atoms in total. The fourth-order valence-electron chi connectivity index (χ4n) is 10.4. The lowest BCUT2D eigenvalue weighted by Gasteiger charge is -2.55. The number of anilines is 2. The molecular formula is C30H42N2O3S. The van der Waals surface area contributed by atoms with E-state index in [1.807, 2.05) is 24.3 Å². The zero-order valence-corrected chi connectivity index (χ0v) is 22.3. The standard InChI is InChI=1S/C30H42N2O3S/c33-29(30-16-19-11-20(17-30)13-21(12-19)18-30)31-24-5-7-25(8-6-24)32-36(34,35)26-9-10-28-23(15-26)14-22-3-1-2-4-27(22)28/h5-8,19-23,26-28,32H,1-4,9-18H2,(H,31,33). The Balaban J connectivity index is 0.977. The van der Waals surface area contributed by atoms with Gasteiger partial charge in [0.05, 0.1) is 10.7 Å². The van der Waals surface area contributed by atoms with E-state index in [1.54, 1.807) is 0 Å². The predicted molar refractivity (Wildman–Crippen MR) is 143 cm³/mol. The van der Waals surface area contributed by atoms with Crippen LogP contribution in [-0.4, -0.2) is 19.6 Å². The Morgan fingerprint density at radius 2 is 1.33 bits per heavy atom. The summed E-state index contributed by atoms with van der Waals surface area (Å²) in [5, 5.41) is 2.90. The molecule has 6 heteroatoms. The van der Waals surface area contributed by atoms with E-state index in [9.17, 15) is 13.2 Å². The van der Waals surface area contributed by atoms with Crippen LogP contribution in [0, 0.1) is 46.8 Å². The van der Waals surface area contributed by atoms with Crippen molar-refractivity contribution in [1.82, 2.24) is 0 Å². The average molecular weight is 511 g/mol. The van der Waals surface area contributed by atoms with Crippen LogP contribution in [0.4, 0.5) is 11.4 Å². The van der Waals surface area contributed by atoms with Gasteiger partial charge < -0.3 is 5.32 Å². The minimum atomic E-state index is -3.41. The van der Waals surface area contributed by atoms with Crippen LogP contribution >= 0.6 is 0 Å². The van der Waals surface area contributed by atoms with Gasteiger partial charge in [0.15, 0.2) is 0 Å². The van der Waals surface area contributed by atoms with Crippen molar-refractivity contribution < 1.29 is 13.2 Å². The van der Waals surface area contributed by atoms with Crippen molar-refractivity contribution in [3.05, 3.63) is 24.3 Å². The summed E-state index contributed by atoms with van der Waals surface area (Å²) < 4.78 is 29.5. The molecule has 0 radical (unpaired) electrons. The molecule has 0 heterocycles. The van der Waals surface area contributed by atoms with E-state index in [0.717, 1.165) is 79.7 Å². The van der Waals surface area contributed by atoms with E-state index in [4.69, 9.17) is 0 Å². The Kier molecular flexibility index (Phi) is 5.72. The number of rotatable bonds is 5. The summed E-state index contributed by atoms with van der Waals surface area (Å²) in [4.78, 5) is 13.3. The number of fused-ring (bicyclic) bond motifs is 3. The molecule has 5 unspecified atom stereocenters. The molecule has 0 saturated heterocycles. The summed E-state index contributed by atoms with van der Waals surface area (Å²) in [6, 6.07) is 7.33. The van der Waals surface area contributed by atoms with Crippen LogP contribution in [-0.2, 0) is 14.8 Å². The molecule has 5 atom stereocenters. The second-order valence-electron chi connectivity index (χ2n) is 13.7. The number of carbonyl (C=O) groups excluding carboxylic acids is 1. The van der Waals surface area contributed by atoms with E-state index in [2.05, 4.69) is 10.0 Å². The number of hydrogen-bond donors (Lipinski definition) is 2. The van der Waals surface area contributed by atoms with Crippen LogP contribution in [0.3, 0.4) is 0 Å². The average Bonchev–Trinajstić information content (AvgIpc) is 3.22. The quantitative estimate of drug-likeness (QED) is 0.470. The van der Waals surface area contributed by atoms with Gasteiger partial charge in [0.25, 0.3) is 0 Å². The number of carbonyl (C=O) groups is 1. The van der Waals surface area contributed by atoms with Gasteiger partial charge in [-0.3, -0.25) is 9.52 Å². The van der Waals surface area contributed by atoms with Gasteiger partial charge in [-0.05, 0) is 136 Å². The van der Waals surface area contributed by atoms with Crippen LogP contribution < -0.4 is 10.0 Å². The first-order chi connectivity index (χ1) is 17.4. The Labute approximate surface area is 216 Å². The number of benzene rings is 1. The minimum Gasteiger partial charge on any atom is -0.326 e. The van der Waals surface area contributed by atoms with E-state index < -0.39 is 10.0 Å². The summed E-state index contributed by atoms with van der Waals surface area (Å²) in [5.41, 5.74) is 1.20. The maximum absolute atomic E-state index is 13.3. The van der Waals surface area contributed by atoms with Gasteiger partial charge in [-0.1, -0.05) is 19.3 Å². The second-order valence-corrected chi connectivity index (χ2v) is 15.6. The summed E-state index contributed by atoms with van der Waals surface area (Å²) >= 11 is 0. The lowest BCUT2D eigenvalue weighted by molar-refractivity contribution is -0.140. The van der Waals surface area contributed by atoms with Crippen molar-refractivity contribution in [2.75, 3.05) is 10.0 Å². The van der Waals surface area contributed by atoms with Gasteiger partial charge in [-0.2, -0.15) is 0 Å². The first-order valence-corrected chi connectivity index (χ1v) is 16.3. The fourth-order valence-corrected chi connectivity index (χ4v) is 11.9. The summed E-state index contributed by atoms with van der Waals surface area (Å²) in [7, 11) is -3.41. The molecule has 196 valence electrons. The van der Waals surface area contributed by atoms with Gasteiger partial charge in [0.1, 0.15) is 0 Å². The SMILES string of the molecule is O=C(Nc1ccc(NS(=O)(=O)C2CCC3C(CC4CCCCC43)C2)cc1)C12CC3CC(CC(C3)C1)C2. The molecule has 4 bridgehead atoms. The Morgan fingerprint density at radius 3 is 2.03 bits per heavy atom. The van der Waals surface area contributed by atoms with Crippen LogP contribution in [0.25, 0.3) is 0 Å². The molecule has 7 aliphatic rings. The van der Waals surface area contributed by atoms with Gasteiger partial charge in [0.2, 0.25) is 15.9 Å². The first-order valence-electron chi connectivity index (χ1n) is 14.8. The topological polar surface area (TPSA) is 75.3 Å². The number of sulfonamides is 1. The highest BCUT2D eigenvalue weighted by Gasteiger charge is 2.54. The van der Waals surface area contributed by atoms with Crippen molar-refractivity contribution in [3.8, 4) is 0 Å². The smallest absolute Gasteiger partial charge is 0.235 e. The zero-order valence-electron chi connectivity index (χ0n) is 21.5. The van der Waals surface area contributed by atoms with E-state index in [1.165, 1.54) is 51.4 Å². The third-order valence-corrected chi connectivity index (χ3v) is 13.3. The lowest BCUT2D eigenvalue weighted by atomic mass is 9.49. The van der Waals surface area contributed by atoms with Gasteiger partial charge in [0, 0.05) is 11.4 Å². The van der Waals surface area contributed by atoms with Crippen molar-refractivity contribution in [2.24, 2.45) is 46.8 Å². The molecule has 0 aliphatic heterocycles. The third-order valence-electron chi connectivity index (χ3n) is 11.5. The van der Waals surface area contributed by atoms with Crippen molar-refractivity contribution >= 4 is 27.3 Å². The molecule has 0 spiro atoms. The number of hydrogen-bond acceptors (Lipinski definition) is 3. The minimum absolute atomic E-state index is 0.175. The van der Waals surface area contributed by atoms with Crippen molar-refractivity contribution in [3.63, 3.8) is 0 Å². The van der Waals surface area contributed by atoms with E-state index >= 15 is 0 Å². The Bertz CT molecular complexity index is 1080. The monoisotopic (exact) mass is 510 g/mol. The van der Waals surface area contributed by atoms with Gasteiger partial charge >= 0.3 is 0 Å². The third kappa shape index (κ3) is 4.10. The highest BCUT2D eigenvalue weighted by atomic mass is 32.2.